The average Bonchev–Trinajstić information content (AvgIpc) is 3.02. The molecule has 16 heteroatoms. The van der Waals surface area contributed by atoms with Crippen molar-refractivity contribution in [2.24, 2.45) is 5.73 Å². The summed E-state index contributed by atoms with van der Waals surface area (Å²) in [6.45, 7) is 0.721. The highest BCUT2D eigenvalue weighted by Gasteiger charge is 2.40. The van der Waals surface area contributed by atoms with Gasteiger partial charge in [-0.2, -0.15) is 0 Å². The number of rotatable bonds is 13. The summed E-state index contributed by atoms with van der Waals surface area (Å²) in [7, 11) is -0.481. The molecule has 240 valence electrons. The first-order chi connectivity index (χ1) is 21.4. The van der Waals surface area contributed by atoms with Gasteiger partial charge in [0.05, 0.1) is 21.3 Å². The molecule has 14 nitrogen and oxygen atoms in total. The maximum absolute atomic E-state index is 14.0. The smallest absolute Gasteiger partial charge is 0.315 e. The molecular weight excluding hydrogens is 622 g/mol. The lowest BCUT2D eigenvalue weighted by Gasteiger charge is -2.41. The number of carbonyl (C=O) groups excluding carboxylic acids is 1. The Hall–Kier alpha value is -4.41. The van der Waals surface area contributed by atoms with Gasteiger partial charge >= 0.3 is 6.03 Å². The van der Waals surface area contributed by atoms with Crippen LogP contribution >= 0.6 is 11.8 Å². The topological polar surface area (TPSA) is 185 Å². The normalized spacial score (nSPS) is 15.9. The lowest BCUT2D eigenvalue weighted by molar-refractivity contribution is -0.384. The first-order valence-corrected chi connectivity index (χ1v) is 16.6. The monoisotopic (exact) mass is 657 g/mol. The Labute approximate surface area is 265 Å². The highest BCUT2D eigenvalue weighted by atomic mass is 32.2. The highest BCUT2D eigenvalue weighted by Crippen LogP contribution is 2.33. The third-order valence-corrected chi connectivity index (χ3v) is 10.6. The van der Waals surface area contributed by atoms with E-state index in [-0.39, 0.29) is 41.9 Å². The van der Waals surface area contributed by atoms with E-state index in [0.717, 1.165) is 22.4 Å². The predicted octanol–water partition coefficient (Wildman–Crippen LogP) is 4.03. The van der Waals surface area contributed by atoms with Gasteiger partial charge in [0.2, 0.25) is 9.84 Å². The lowest BCUT2D eigenvalue weighted by Crippen LogP contribution is -2.59. The molecule has 0 bridgehead atoms. The number of nitrogens with two attached hydrogens (primary N) is 1. The molecule has 3 aromatic carbocycles. The number of nitrogens with zero attached hydrogens (tertiary/aromatic N) is 5. The molecular formula is C29H35N7O7S2. The molecule has 1 saturated heterocycles. The third-order valence-electron chi connectivity index (χ3n) is 7.38. The molecule has 3 aromatic rings. The van der Waals surface area contributed by atoms with Crippen LogP contribution in [0.4, 0.5) is 27.5 Å². The second-order valence-corrected chi connectivity index (χ2v) is 13.9. The number of piperazine rings is 1. The van der Waals surface area contributed by atoms with E-state index in [1.54, 1.807) is 16.7 Å². The molecule has 0 spiro atoms. The zero-order valence-electron chi connectivity index (χ0n) is 24.8. The first-order valence-electron chi connectivity index (χ1n) is 14.0. The van der Waals surface area contributed by atoms with Crippen LogP contribution in [-0.4, -0.2) is 91.5 Å². The fraction of sp³-hybridized carbons (Fsp3) is 0.345. The number of hydrogen-bond donors (Lipinski definition) is 2. The number of carbonyl (C=O) groups is 1. The van der Waals surface area contributed by atoms with Gasteiger partial charge in [0.15, 0.2) is 5.37 Å². The molecule has 0 aromatic heterocycles. The van der Waals surface area contributed by atoms with Crippen molar-refractivity contribution < 1.29 is 23.1 Å². The van der Waals surface area contributed by atoms with Gasteiger partial charge in [-0.15, -0.1) is 11.8 Å². The van der Waals surface area contributed by atoms with Gasteiger partial charge in [-0.1, -0.05) is 18.2 Å². The molecule has 3 N–H and O–H groups in total. The summed E-state index contributed by atoms with van der Waals surface area (Å²) in [4.78, 5) is 39.8. The highest BCUT2D eigenvalue weighted by molar-refractivity contribution is 7.99. The van der Waals surface area contributed by atoms with Crippen LogP contribution in [-0.2, 0) is 9.84 Å². The molecule has 0 saturated carbocycles. The first kappa shape index (κ1) is 33.5. The van der Waals surface area contributed by atoms with E-state index in [4.69, 9.17) is 5.73 Å². The van der Waals surface area contributed by atoms with Gasteiger partial charge < -0.3 is 25.8 Å². The van der Waals surface area contributed by atoms with Crippen molar-refractivity contribution in [3.63, 3.8) is 0 Å². The summed E-state index contributed by atoms with van der Waals surface area (Å²) in [6, 6.07) is 17.9. The standard InChI is InChI=1S/C29H35N7O7S2/c1-32(2)15-14-21(20-44-24-6-4-3-5-7-24)31-26-13-12-25(18-27(26)36(40)41)45(42,43)28-19-33(16-17-34(28)29(30)37)22-8-10-23(11-9-22)35(38)39/h3-13,18,21,28,31H,14-17,19-20H2,1-2H3,(H2,30,37)/t21-,28?/m1/s1. The van der Waals surface area contributed by atoms with Gasteiger partial charge in [0.1, 0.15) is 5.69 Å². The molecule has 1 fully saturated rings. The minimum Gasteiger partial charge on any atom is -0.376 e. The van der Waals surface area contributed by atoms with Crippen LogP contribution in [0.2, 0.25) is 0 Å². The fourth-order valence-electron chi connectivity index (χ4n) is 4.95. The predicted molar refractivity (Wildman–Crippen MR) is 173 cm³/mol. The summed E-state index contributed by atoms with van der Waals surface area (Å²) in [5, 5.41) is 25.1. The van der Waals surface area contributed by atoms with E-state index in [2.05, 4.69) is 5.32 Å². The Kier molecular flexibility index (Phi) is 10.8. The molecule has 0 aliphatic carbocycles. The van der Waals surface area contributed by atoms with E-state index in [1.165, 1.54) is 36.4 Å². The van der Waals surface area contributed by atoms with E-state index >= 15 is 0 Å². The Balaban J connectivity index is 1.61. The second kappa shape index (κ2) is 14.6. The van der Waals surface area contributed by atoms with Crippen molar-refractivity contribution in [3.05, 3.63) is 93.0 Å². The van der Waals surface area contributed by atoms with Gasteiger partial charge in [-0.25, -0.2) is 13.2 Å². The summed E-state index contributed by atoms with van der Waals surface area (Å²) >= 11 is 1.61. The fourth-order valence-corrected chi connectivity index (χ4v) is 7.71. The Bertz CT molecular complexity index is 1620. The van der Waals surface area contributed by atoms with E-state index in [1.807, 2.05) is 49.3 Å². The number of sulfone groups is 1. The number of urea groups is 1. The van der Waals surface area contributed by atoms with Crippen LogP contribution in [0.5, 0.6) is 0 Å². The number of thioether (sulfide) groups is 1. The second-order valence-electron chi connectivity index (χ2n) is 10.7. The summed E-state index contributed by atoms with van der Waals surface area (Å²) < 4.78 is 27.9. The molecule has 1 heterocycles. The van der Waals surface area contributed by atoms with Gasteiger partial charge in [0, 0.05) is 53.7 Å². The molecule has 0 radical (unpaired) electrons. The number of amides is 2. The van der Waals surface area contributed by atoms with Crippen LogP contribution in [0, 0.1) is 20.2 Å². The molecule has 45 heavy (non-hydrogen) atoms. The van der Waals surface area contributed by atoms with E-state index < -0.39 is 36.8 Å². The zero-order chi connectivity index (χ0) is 32.7. The molecule has 2 amide bonds. The maximum atomic E-state index is 14.0. The van der Waals surface area contributed by atoms with E-state index in [9.17, 15) is 33.4 Å². The minimum atomic E-state index is -4.36. The number of hydrogen-bond acceptors (Lipinski definition) is 11. The SMILES string of the molecule is CN(C)CC[C@H](CSc1ccccc1)Nc1ccc(S(=O)(=O)C2CN(c3ccc([N+](=O)[O-])cc3)CCN2C(N)=O)cc1[N+](=O)[O-]. The number of nitrogens with one attached hydrogen (secondary N) is 1. The van der Waals surface area contributed by atoms with Gasteiger partial charge in [0.25, 0.3) is 11.4 Å². The van der Waals surface area contributed by atoms with Crippen molar-refractivity contribution >= 4 is 50.4 Å². The minimum absolute atomic E-state index is 0.0371. The lowest BCUT2D eigenvalue weighted by atomic mass is 10.2. The summed E-state index contributed by atoms with van der Waals surface area (Å²) in [5.74, 6) is 0.614. The van der Waals surface area contributed by atoms with E-state index in [0.29, 0.717) is 17.9 Å². The number of nitro benzene ring substituents is 2. The molecule has 1 unspecified atom stereocenters. The largest absolute Gasteiger partial charge is 0.376 e. The number of nitro groups is 2. The van der Waals surface area contributed by atoms with Crippen molar-refractivity contribution in [3.8, 4) is 0 Å². The van der Waals surface area contributed by atoms with Crippen molar-refractivity contribution in [1.82, 2.24) is 9.80 Å². The molecule has 4 rings (SSSR count). The summed E-state index contributed by atoms with van der Waals surface area (Å²) in [6.07, 6.45) is 0.679. The maximum Gasteiger partial charge on any atom is 0.315 e. The van der Waals surface area contributed by atoms with Crippen LogP contribution < -0.4 is 16.0 Å². The number of anilines is 2. The van der Waals surface area contributed by atoms with Crippen molar-refractivity contribution in [1.29, 1.82) is 0 Å². The third kappa shape index (κ3) is 8.40. The summed E-state index contributed by atoms with van der Waals surface area (Å²) in [5.41, 5.74) is 5.72. The van der Waals surface area contributed by atoms with Gasteiger partial charge in [-0.05, 0) is 63.5 Å². The zero-order valence-corrected chi connectivity index (χ0v) is 26.4. The molecule has 2 atom stereocenters. The van der Waals surface area contributed by atoms with Crippen LogP contribution in [0.3, 0.4) is 0 Å². The molecule has 1 aliphatic heterocycles. The van der Waals surface area contributed by atoms with Crippen LogP contribution in [0.25, 0.3) is 0 Å². The number of non-ortho nitro benzene ring substituents is 1. The van der Waals surface area contributed by atoms with Crippen LogP contribution in [0.15, 0.2) is 82.6 Å². The Morgan fingerprint density at radius 1 is 1.04 bits per heavy atom. The average molecular weight is 658 g/mol. The quantitative estimate of drug-likeness (QED) is 0.154. The van der Waals surface area contributed by atoms with Crippen LogP contribution in [0.1, 0.15) is 6.42 Å². The van der Waals surface area contributed by atoms with Crippen molar-refractivity contribution in [2.75, 3.05) is 56.2 Å². The van der Waals surface area contributed by atoms with Crippen molar-refractivity contribution in [2.45, 2.75) is 27.6 Å². The number of benzene rings is 3. The molecule has 1 aliphatic rings. The Morgan fingerprint density at radius 2 is 1.73 bits per heavy atom. The Morgan fingerprint density at radius 3 is 2.33 bits per heavy atom. The number of primary amides is 1. The van der Waals surface area contributed by atoms with Gasteiger partial charge in [-0.3, -0.25) is 20.2 Å².